The molecule has 4 heterocycles. The number of pyridine rings is 1. The summed E-state index contributed by atoms with van der Waals surface area (Å²) >= 11 is 0. The molecule has 194 valence electrons. The van der Waals surface area contributed by atoms with Gasteiger partial charge in [0.1, 0.15) is 35.9 Å². The number of amides is 1. The summed E-state index contributed by atoms with van der Waals surface area (Å²) in [6.45, 7) is 6.84. The second-order valence-electron chi connectivity index (χ2n) is 9.14. The van der Waals surface area contributed by atoms with Gasteiger partial charge in [-0.05, 0) is 20.8 Å². The molecule has 3 aromatic rings. The van der Waals surface area contributed by atoms with Crippen molar-refractivity contribution < 1.29 is 23.7 Å². The zero-order valence-corrected chi connectivity index (χ0v) is 21.0. The lowest BCUT2D eigenvalue weighted by molar-refractivity contribution is -0.0557. The number of carbonyl (C=O) groups excluding carboxylic acids is 1. The summed E-state index contributed by atoms with van der Waals surface area (Å²) < 4.78 is 22.9. The third kappa shape index (κ3) is 6.62. The Kier molecular flexibility index (Phi) is 7.69. The standard InChI is InChI=1S/C24H28N8O5/c1-24(2,3)37-23(33)32-5-6-35-16(13-32)14-36-19-11-26-10-18(34-4)22(19)17-7-20(31-30-17)29-21-12-27-15(8-25)9-28-21/h7,9-12,16H,5-6,13-14H2,1-4H3,(H2,28,29,30,31)/t16-/m0/s1. The first-order valence-electron chi connectivity index (χ1n) is 11.5. The first-order valence-corrected chi connectivity index (χ1v) is 11.5. The van der Waals surface area contributed by atoms with E-state index in [4.69, 9.17) is 24.2 Å². The molecule has 1 saturated heterocycles. The lowest BCUT2D eigenvalue weighted by Crippen LogP contribution is -2.49. The van der Waals surface area contributed by atoms with Crippen LogP contribution >= 0.6 is 0 Å². The van der Waals surface area contributed by atoms with E-state index in [1.165, 1.54) is 19.5 Å². The largest absolute Gasteiger partial charge is 0.494 e. The number of nitrogens with one attached hydrogen (secondary N) is 2. The first-order chi connectivity index (χ1) is 17.8. The van der Waals surface area contributed by atoms with Crippen LogP contribution in [0.25, 0.3) is 11.3 Å². The number of ether oxygens (including phenoxy) is 4. The second-order valence-corrected chi connectivity index (χ2v) is 9.14. The predicted octanol–water partition coefficient (Wildman–Crippen LogP) is 2.90. The van der Waals surface area contributed by atoms with Crippen molar-refractivity contribution in [2.75, 3.05) is 38.7 Å². The van der Waals surface area contributed by atoms with Gasteiger partial charge in [-0.1, -0.05) is 0 Å². The van der Waals surface area contributed by atoms with Crippen molar-refractivity contribution >= 4 is 17.7 Å². The fraction of sp³-hybridized carbons (Fsp3) is 0.417. The van der Waals surface area contributed by atoms with Gasteiger partial charge in [0, 0.05) is 12.6 Å². The Morgan fingerprint density at radius 1 is 1.24 bits per heavy atom. The molecule has 0 radical (unpaired) electrons. The number of rotatable bonds is 7. The highest BCUT2D eigenvalue weighted by Crippen LogP contribution is 2.37. The van der Waals surface area contributed by atoms with E-state index in [2.05, 4.69) is 30.5 Å². The van der Waals surface area contributed by atoms with Gasteiger partial charge in [0.25, 0.3) is 0 Å². The molecule has 1 aliphatic heterocycles. The molecule has 3 aromatic heterocycles. The normalized spacial score (nSPS) is 15.5. The summed E-state index contributed by atoms with van der Waals surface area (Å²) in [7, 11) is 1.54. The average Bonchev–Trinajstić information content (AvgIpc) is 3.34. The highest BCUT2D eigenvalue weighted by Gasteiger charge is 2.29. The zero-order valence-electron chi connectivity index (χ0n) is 21.0. The lowest BCUT2D eigenvalue weighted by Gasteiger charge is -2.34. The molecule has 0 bridgehead atoms. The summed E-state index contributed by atoms with van der Waals surface area (Å²) in [6, 6.07) is 3.68. The smallest absolute Gasteiger partial charge is 0.410 e. The summed E-state index contributed by atoms with van der Waals surface area (Å²) in [5.41, 5.74) is 0.863. The Morgan fingerprint density at radius 3 is 2.76 bits per heavy atom. The van der Waals surface area contributed by atoms with E-state index < -0.39 is 5.60 Å². The van der Waals surface area contributed by atoms with Crippen LogP contribution in [0.5, 0.6) is 11.5 Å². The van der Waals surface area contributed by atoms with Crippen LogP contribution in [-0.4, -0.2) is 81.3 Å². The summed E-state index contributed by atoms with van der Waals surface area (Å²) in [5, 5.41) is 19.1. The highest BCUT2D eigenvalue weighted by molar-refractivity contribution is 5.75. The topological polar surface area (TPSA) is 160 Å². The van der Waals surface area contributed by atoms with Crippen LogP contribution in [0.2, 0.25) is 0 Å². The maximum atomic E-state index is 12.5. The van der Waals surface area contributed by atoms with Gasteiger partial charge < -0.3 is 29.2 Å². The molecule has 0 spiro atoms. The predicted molar refractivity (Wildman–Crippen MR) is 131 cm³/mol. The van der Waals surface area contributed by atoms with Gasteiger partial charge in [-0.25, -0.2) is 14.8 Å². The monoisotopic (exact) mass is 508 g/mol. The Labute approximate surface area is 213 Å². The van der Waals surface area contributed by atoms with Gasteiger partial charge in [0.2, 0.25) is 0 Å². The molecule has 0 aromatic carbocycles. The van der Waals surface area contributed by atoms with E-state index in [1.54, 1.807) is 23.4 Å². The number of nitrogens with zero attached hydrogens (tertiary/aromatic N) is 6. The quantitative estimate of drug-likeness (QED) is 0.483. The molecule has 1 amide bonds. The van der Waals surface area contributed by atoms with Gasteiger partial charge >= 0.3 is 6.09 Å². The molecule has 13 nitrogen and oxygen atoms in total. The number of aromatic nitrogens is 5. The number of hydrogen-bond donors (Lipinski definition) is 2. The van der Waals surface area contributed by atoms with Gasteiger partial charge in [0.05, 0.1) is 56.3 Å². The van der Waals surface area contributed by atoms with Crippen molar-refractivity contribution in [3.63, 3.8) is 0 Å². The average molecular weight is 509 g/mol. The van der Waals surface area contributed by atoms with Crippen LogP contribution in [0.4, 0.5) is 16.4 Å². The molecule has 4 rings (SSSR count). The van der Waals surface area contributed by atoms with E-state index >= 15 is 0 Å². The van der Waals surface area contributed by atoms with E-state index in [0.29, 0.717) is 54.1 Å². The Morgan fingerprint density at radius 2 is 2.05 bits per heavy atom. The third-order valence-electron chi connectivity index (χ3n) is 5.18. The van der Waals surface area contributed by atoms with Crippen molar-refractivity contribution in [2.24, 2.45) is 0 Å². The Bertz CT molecular complexity index is 1270. The van der Waals surface area contributed by atoms with Crippen LogP contribution < -0.4 is 14.8 Å². The Hall–Kier alpha value is -4.44. The van der Waals surface area contributed by atoms with Gasteiger partial charge in [-0.15, -0.1) is 0 Å². The zero-order chi connectivity index (χ0) is 26.4. The SMILES string of the molecule is COc1cncc(OC[C@@H]2CN(C(=O)OC(C)(C)C)CCO2)c1-c1cc(Nc2cnc(C#N)cn2)n[nH]1. The first kappa shape index (κ1) is 25.6. The van der Waals surface area contributed by atoms with Crippen LogP contribution in [0.1, 0.15) is 26.5 Å². The van der Waals surface area contributed by atoms with Gasteiger partial charge in [-0.2, -0.15) is 10.4 Å². The second kappa shape index (κ2) is 11.1. The highest BCUT2D eigenvalue weighted by atomic mass is 16.6. The van der Waals surface area contributed by atoms with Crippen molar-refractivity contribution in [3.8, 4) is 28.8 Å². The molecular formula is C24H28N8O5. The third-order valence-corrected chi connectivity index (χ3v) is 5.18. The van der Waals surface area contributed by atoms with Crippen molar-refractivity contribution in [1.29, 1.82) is 5.26 Å². The number of aromatic amines is 1. The number of anilines is 2. The number of nitriles is 1. The van der Waals surface area contributed by atoms with E-state index in [1.807, 2.05) is 26.8 Å². The number of morpholine rings is 1. The fourth-order valence-corrected chi connectivity index (χ4v) is 3.54. The van der Waals surface area contributed by atoms with Crippen LogP contribution in [0, 0.1) is 11.3 Å². The summed E-state index contributed by atoms with van der Waals surface area (Å²) in [5.74, 6) is 1.83. The summed E-state index contributed by atoms with van der Waals surface area (Å²) in [6.07, 6.45) is 5.23. The Balaban J connectivity index is 1.46. The van der Waals surface area contributed by atoms with Crippen LogP contribution in [0.3, 0.4) is 0 Å². The fourth-order valence-electron chi connectivity index (χ4n) is 3.54. The minimum absolute atomic E-state index is 0.182. The maximum Gasteiger partial charge on any atom is 0.410 e. The number of H-pyrrole nitrogens is 1. The van der Waals surface area contributed by atoms with Crippen molar-refractivity contribution in [1.82, 2.24) is 30.0 Å². The van der Waals surface area contributed by atoms with Gasteiger partial charge in [-0.3, -0.25) is 10.1 Å². The molecule has 0 aliphatic carbocycles. The van der Waals surface area contributed by atoms with Crippen molar-refractivity contribution in [2.45, 2.75) is 32.5 Å². The number of carbonyl (C=O) groups is 1. The molecule has 2 N–H and O–H groups in total. The molecule has 0 unspecified atom stereocenters. The van der Waals surface area contributed by atoms with E-state index in [-0.39, 0.29) is 24.5 Å². The van der Waals surface area contributed by atoms with Gasteiger partial charge in [0.15, 0.2) is 17.3 Å². The van der Waals surface area contributed by atoms with E-state index in [9.17, 15) is 4.79 Å². The maximum absolute atomic E-state index is 12.5. The molecular weight excluding hydrogens is 480 g/mol. The minimum Gasteiger partial charge on any atom is -0.494 e. The molecule has 0 saturated carbocycles. The summed E-state index contributed by atoms with van der Waals surface area (Å²) in [4.78, 5) is 26.4. The van der Waals surface area contributed by atoms with Crippen LogP contribution in [-0.2, 0) is 9.47 Å². The molecule has 1 atom stereocenters. The number of methoxy groups -OCH3 is 1. The van der Waals surface area contributed by atoms with Crippen LogP contribution in [0.15, 0.2) is 30.9 Å². The lowest BCUT2D eigenvalue weighted by atomic mass is 10.1. The molecule has 37 heavy (non-hydrogen) atoms. The number of hydrogen-bond acceptors (Lipinski definition) is 11. The minimum atomic E-state index is -0.576. The molecule has 1 fully saturated rings. The molecule has 1 aliphatic rings. The van der Waals surface area contributed by atoms with Crippen molar-refractivity contribution in [3.05, 3.63) is 36.5 Å². The van der Waals surface area contributed by atoms with E-state index in [0.717, 1.165) is 0 Å². The molecule has 13 heteroatoms.